The number of aromatic nitrogens is 4. The van der Waals surface area contributed by atoms with Crippen molar-refractivity contribution < 1.29 is 42.9 Å². The molecule has 72 heavy (non-hydrogen) atoms. The predicted octanol–water partition coefficient (Wildman–Crippen LogP) is 9.12. The molecular weight excluding hydrogens is 917 g/mol. The zero-order valence-electron chi connectivity index (χ0n) is 43.1. The SMILES string of the molecule is COC(=O)NC(C(=O)N1[C@@H](c2nc3c(ccc4cc5c(cc43)OCc3cc(-c4cnc([C@@H]6C[C@H](C)[C@H](C)N6C(=O)C(NC(=O)OC)C6C[C@@H](C)O[C@H](C)C6)[nH]4)ccc3-5)[nH]2)C[C@@H](C)[C@H]1C)C1C[C@@H](C)O[C@H](C)C1. The Morgan fingerprint density at radius 3 is 1.78 bits per heavy atom. The monoisotopic (exact) mass is 987 g/mol. The molecule has 10 rings (SSSR count). The van der Waals surface area contributed by atoms with Gasteiger partial charge in [-0.15, -0.1) is 0 Å². The van der Waals surface area contributed by atoms with Crippen LogP contribution in [0.1, 0.15) is 123 Å². The highest BCUT2D eigenvalue weighted by Crippen LogP contribution is 2.46. The summed E-state index contributed by atoms with van der Waals surface area (Å²) >= 11 is 0. The number of ether oxygens (including phenoxy) is 5. The highest BCUT2D eigenvalue weighted by molar-refractivity contribution is 6.07. The molecule has 3 aromatic carbocycles. The fraction of sp³-hybridized carbons (Fsp3) is 0.564. The molecule has 0 spiro atoms. The quantitative estimate of drug-likeness (QED) is 0.110. The van der Waals surface area contributed by atoms with Gasteiger partial charge in [-0.2, -0.15) is 0 Å². The van der Waals surface area contributed by atoms with E-state index in [1.807, 2.05) is 49.8 Å². The van der Waals surface area contributed by atoms with Crippen LogP contribution >= 0.6 is 0 Å². The topological polar surface area (TPSA) is 202 Å². The number of carbonyl (C=O) groups is 4. The van der Waals surface area contributed by atoms with Gasteiger partial charge in [0.25, 0.3) is 0 Å². The molecule has 0 bridgehead atoms. The zero-order chi connectivity index (χ0) is 50.9. The molecular formula is C55H70N8O9. The number of imidazole rings is 2. The Balaban J connectivity index is 0.905. The molecule has 12 atom stereocenters. The summed E-state index contributed by atoms with van der Waals surface area (Å²) in [6, 6.07) is 12.4. The molecule has 5 aliphatic heterocycles. The first-order chi connectivity index (χ1) is 34.5. The number of H-pyrrole nitrogens is 2. The molecule has 7 heterocycles. The van der Waals surface area contributed by atoms with Crippen LogP contribution in [-0.4, -0.2) is 117 Å². The lowest BCUT2D eigenvalue weighted by Gasteiger charge is -2.39. The number of amides is 4. The average molecular weight is 987 g/mol. The van der Waals surface area contributed by atoms with Crippen LogP contribution < -0.4 is 15.4 Å². The second kappa shape index (κ2) is 19.7. The smallest absolute Gasteiger partial charge is 0.407 e. The Hall–Kier alpha value is -6.20. The van der Waals surface area contributed by atoms with Crippen molar-refractivity contribution in [2.45, 2.75) is 161 Å². The third kappa shape index (κ3) is 9.15. The molecule has 384 valence electrons. The summed E-state index contributed by atoms with van der Waals surface area (Å²) in [6.07, 6.45) is 4.45. The van der Waals surface area contributed by atoms with Crippen molar-refractivity contribution >= 4 is 45.8 Å². The van der Waals surface area contributed by atoms with E-state index in [-0.39, 0.29) is 84.1 Å². The van der Waals surface area contributed by atoms with E-state index in [4.69, 9.17) is 33.7 Å². The molecule has 0 saturated carbocycles. The molecule has 5 aliphatic rings. The highest BCUT2D eigenvalue weighted by atomic mass is 16.5. The van der Waals surface area contributed by atoms with Crippen molar-refractivity contribution in [2.24, 2.45) is 23.7 Å². The van der Waals surface area contributed by atoms with E-state index in [1.54, 1.807) is 0 Å². The summed E-state index contributed by atoms with van der Waals surface area (Å²) in [5.74, 6) is 2.07. The maximum atomic E-state index is 14.8. The van der Waals surface area contributed by atoms with Crippen molar-refractivity contribution in [3.05, 3.63) is 65.9 Å². The van der Waals surface area contributed by atoms with E-state index < -0.39 is 24.3 Å². The molecule has 2 aromatic heterocycles. The summed E-state index contributed by atoms with van der Waals surface area (Å²) in [7, 11) is 2.64. The van der Waals surface area contributed by atoms with Crippen molar-refractivity contribution in [2.75, 3.05) is 14.2 Å². The Morgan fingerprint density at radius 1 is 0.667 bits per heavy atom. The third-order valence-corrected chi connectivity index (χ3v) is 16.7. The van der Waals surface area contributed by atoms with Crippen LogP contribution in [-0.2, 0) is 35.1 Å². The van der Waals surface area contributed by atoms with E-state index in [0.717, 1.165) is 68.3 Å². The van der Waals surface area contributed by atoms with E-state index in [1.165, 1.54) is 14.2 Å². The average Bonchev–Trinajstić information content (AvgIpc) is 4.15. The van der Waals surface area contributed by atoms with E-state index >= 15 is 0 Å². The minimum atomic E-state index is -0.771. The molecule has 2 unspecified atom stereocenters. The first-order valence-corrected chi connectivity index (χ1v) is 25.9. The van der Waals surface area contributed by atoms with Gasteiger partial charge in [0.15, 0.2) is 0 Å². The van der Waals surface area contributed by atoms with Gasteiger partial charge >= 0.3 is 12.2 Å². The van der Waals surface area contributed by atoms with Gasteiger partial charge in [0, 0.05) is 23.0 Å². The van der Waals surface area contributed by atoms with Crippen molar-refractivity contribution in [1.82, 2.24) is 40.4 Å². The number of nitrogens with one attached hydrogen (secondary N) is 4. The van der Waals surface area contributed by atoms with Crippen molar-refractivity contribution in [1.29, 1.82) is 0 Å². The van der Waals surface area contributed by atoms with Crippen LogP contribution in [0.25, 0.3) is 44.2 Å². The second-order valence-electron chi connectivity index (χ2n) is 21.6. The Bertz CT molecular complexity index is 2860. The van der Waals surface area contributed by atoms with Crippen LogP contribution in [0, 0.1) is 23.7 Å². The molecule has 0 radical (unpaired) electrons. The number of aromatic amines is 2. The summed E-state index contributed by atoms with van der Waals surface area (Å²) in [5.41, 5.74) is 6.54. The third-order valence-electron chi connectivity index (χ3n) is 16.7. The van der Waals surface area contributed by atoms with Gasteiger partial charge in [-0.1, -0.05) is 32.0 Å². The standard InChI is InChI=1S/C55H70N8O9/c1-26-15-44(62(32(26)7)52(64)47(60-54(66)68-9)36-17-28(3)71-29(4)18-36)50-56-24-43(58-50)35-11-13-39-38(21-35)25-70-46-23-40-34(22-41(39)46)12-14-42-49(40)59-51(57-42)45-16-27(2)33(8)63(45)53(65)48(61-55(67)69-10)37-19-30(5)72-31(6)20-37/h11-14,21-24,26-33,36-37,44-45,47-48H,15-20,25H2,1-10H3,(H,56,58)(H,57,59)(H,60,66)(H,61,67)/t26-,27+,28+,29+,30+,31+,32-,33+,44-,45+,47?,48?/m0/s1. The lowest BCUT2D eigenvalue weighted by Crippen LogP contribution is -2.55. The number of alkyl carbamates (subject to hydrolysis) is 2. The lowest BCUT2D eigenvalue weighted by molar-refractivity contribution is -0.141. The van der Waals surface area contributed by atoms with Gasteiger partial charge < -0.3 is 54.1 Å². The summed E-state index contributed by atoms with van der Waals surface area (Å²) < 4.78 is 28.6. The zero-order valence-corrected chi connectivity index (χ0v) is 43.1. The lowest BCUT2D eigenvalue weighted by atomic mass is 9.85. The Morgan fingerprint density at radius 2 is 1.22 bits per heavy atom. The van der Waals surface area contributed by atoms with E-state index in [9.17, 15) is 19.2 Å². The van der Waals surface area contributed by atoms with Gasteiger partial charge in [-0.05, 0) is 150 Å². The molecule has 5 aromatic rings. The first kappa shape index (κ1) is 49.4. The second-order valence-corrected chi connectivity index (χ2v) is 21.6. The molecule has 4 saturated heterocycles. The minimum Gasteiger partial charge on any atom is -0.488 e. The fourth-order valence-electron chi connectivity index (χ4n) is 12.8. The summed E-state index contributed by atoms with van der Waals surface area (Å²) in [6.45, 7) is 16.9. The molecule has 4 N–H and O–H groups in total. The number of nitrogens with zero attached hydrogens (tertiary/aromatic N) is 4. The number of hydrogen-bond donors (Lipinski definition) is 4. The molecule has 0 aliphatic carbocycles. The number of carbonyl (C=O) groups excluding carboxylic acids is 4. The predicted molar refractivity (Wildman–Crippen MR) is 271 cm³/mol. The van der Waals surface area contributed by atoms with Crippen LogP contribution in [0.3, 0.4) is 0 Å². The van der Waals surface area contributed by atoms with E-state index in [2.05, 4.69) is 84.7 Å². The number of rotatable bonds is 9. The number of hydrogen-bond acceptors (Lipinski definition) is 11. The maximum Gasteiger partial charge on any atom is 0.407 e. The van der Waals surface area contributed by atoms with Gasteiger partial charge in [0.2, 0.25) is 11.8 Å². The summed E-state index contributed by atoms with van der Waals surface area (Å²) in [4.78, 5) is 76.0. The minimum absolute atomic E-state index is 0.0398. The van der Waals surface area contributed by atoms with Gasteiger partial charge in [0.1, 0.15) is 36.1 Å². The van der Waals surface area contributed by atoms with Crippen LogP contribution in [0.15, 0.2) is 48.7 Å². The van der Waals surface area contributed by atoms with Gasteiger partial charge in [-0.3, -0.25) is 9.59 Å². The summed E-state index contributed by atoms with van der Waals surface area (Å²) in [5, 5.41) is 7.77. The van der Waals surface area contributed by atoms with Crippen LogP contribution in [0.2, 0.25) is 0 Å². The largest absolute Gasteiger partial charge is 0.488 e. The molecule has 4 amide bonds. The van der Waals surface area contributed by atoms with Crippen LogP contribution in [0.5, 0.6) is 5.75 Å². The number of fused-ring (bicyclic) bond motifs is 6. The number of methoxy groups -OCH3 is 2. The van der Waals surface area contributed by atoms with Gasteiger partial charge in [-0.25, -0.2) is 19.6 Å². The van der Waals surface area contributed by atoms with Crippen LogP contribution in [0.4, 0.5) is 9.59 Å². The number of benzene rings is 3. The highest BCUT2D eigenvalue weighted by Gasteiger charge is 2.48. The van der Waals surface area contributed by atoms with E-state index in [0.29, 0.717) is 43.9 Å². The first-order valence-electron chi connectivity index (χ1n) is 25.9. The number of likely N-dealkylation sites (tertiary alicyclic amines) is 2. The Kier molecular flexibility index (Phi) is 13.5. The molecule has 17 nitrogen and oxygen atoms in total. The fourth-order valence-corrected chi connectivity index (χ4v) is 12.8. The molecule has 4 fully saturated rings. The van der Waals surface area contributed by atoms with Crippen molar-refractivity contribution in [3.63, 3.8) is 0 Å². The maximum absolute atomic E-state index is 14.8. The van der Waals surface area contributed by atoms with Crippen molar-refractivity contribution in [3.8, 4) is 28.1 Å². The normalized spacial score (nSPS) is 30.0. The Labute approximate surface area is 420 Å². The molecule has 17 heteroatoms. The van der Waals surface area contributed by atoms with Gasteiger partial charge in [0.05, 0.1) is 73.6 Å².